The van der Waals surface area contributed by atoms with E-state index in [1.807, 2.05) is 0 Å². The van der Waals surface area contributed by atoms with Crippen molar-refractivity contribution in [3.8, 4) is 0 Å². The van der Waals surface area contributed by atoms with Crippen LogP contribution in [-0.2, 0) is 0 Å². The maximum absolute atomic E-state index is 11.3. The van der Waals surface area contributed by atoms with Crippen LogP contribution in [0.3, 0.4) is 0 Å². The molecule has 1 aromatic heterocycles. The summed E-state index contributed by atoms with van der Waals surface area (Å²) in [7, 11) is 0. The number of nitrogens with zero attached hydrogens (tertiary/aromatic N) is 4. The van der Waals surface area contributed by atoms with Crippen molar-refractivity contribution in [3.05, 3.63) is 18.1 Å². The number of rotatable bonds is 4. The van der Waals surface area contributed by atoms with Crippen LogP contribution in [-0.4, -0.2) is 53.5 Å². The number of carbonyl (C=O) groups excluding carboxylic acids is 1. The quantitative estimate of drug-likeness (QED) is 0.911. The SMILES string of the molecule is CC1CCN(CC2CCCN(c3cc(C(N)=O)ncn3)C2)CC1. The van der Waals surface area contributed by atoms with Gasteiger partial charge in [0, 0.05) is 25.7 Å². The minimum atomic E-state index is -0.496. The molecule has 1 aromatic rings. The van der Waals surface area contributed by atoms with Crippen LogP contribution < -0.4 is 10.6 Å². The number of hydrogen-bond donors (Lipinski definition) is 1. The van der Waals surface area contributed by atoms with Crippen molar-refractivity contribution in [1.82, 2.24) is 14.9 Å². The highest BCUT2D eigenvalue weighted by atomic mass is 16.1. The van der Waals surface area contributed by atoms with Gasteiger partial charge in [-0.1, -0.05) is 6.92 Å². The maximum atomic E-state index is 11.3. The van der Waals surface area contributed by atoms with Gasteiger partial charge in [0.2, 0.25) is 0 Å². The van der Waals surface area contributed by atoms with Crippen molar-refractivity contribution in [3.63, 3.8) is 0 Å². The predicted molar refractivity (Wildman–Crippen MR) is 90.3 cm³/mol. The molecule has 2 fully saturated rings. The van der Waals surface area contributed by atoms with E-state index in [9.17, 15) is 4.79 Å². The minimum absolute atomic E-state index is 0.294. The molecule has 0 spiro atoms. The molecule has 1 atom stereocenters. The lowest BCUT2D eigenvalue weighted by molar-refractivity contribution is 0.0995. The van der Waals surface area contributed by atoms with Crippen molar-refractivity contribution >= 4 is 11.7 Å². The van der Waals surface area contributed by atoms with E-state index in [0.29, 0.717) is 11.6 Å². The van der Waals surface area contributed by atoms with E-state index in [-0.39, 0.29) is 0 Å². The number of anilines is 1. The van der Waals surface area contributed by atoms with Crippen LogP contribution in [0.4, 0.5) is 5.82 Å². The first-order valence-corrected chi connectivity index (χ1v) is 8.71. The molecule has 0 saturated carbocycles. The Bertz CT molecular complexity index is 542. The lowest BCUT2D eigenvalue weighted by Crippen LogP contribution is -2.43. The fourth-order valence-corrected chi connectivity index (χ4v) is 3.69. The molecule has 126 valence electrons. The van der Waals surface area contributed by atoms with Gasteiger partial charge in [0.1, 0.15) is 17.8 Å². The average Bonchev–Trinajstić information content (AvgIpc) is 2.57. The summed E-state index contributed by atoms with van der Waals surface area (Å²) in [6.45, 7) is 7.99. The van der Waals surface area contributed by atoms with E-state index >= 15 is 0 Å². The Balaban J connectivity index is 1.59. The van der Waals surface area contributed by atoms with Gasteiger partial charge in [-0.2, -0.15) is 0 Å². The molecule has 2 saturated heterocycles. The number of aromatic nitrogens is 2. The Kier molecular flexibility index (Phi) is 5.10. The Labute approximate surface area is 138 Å². The summed E-state index contributed by atoms with van der Waals surface area (Å²) in [6.07, 6.45) is 6.53. The number of nitrogens with two attached hydrogens (primary N) is 1. The molecule has 1 amide bonds. The second-order valence-electron chi connectivity index (χ2n) is 7.06. The van der Waals surface area contributed by atoms with Crippen molar-refractivity contribution in [2.24, 2.45) is 17.6 Å². The maximum Gasteiger partial charge on any atom is 0.267 e. The highest BCUT2D eigenvalue weighted by Crippen LogP contribution is 2.24. The van der Waals surface area contributed by atoms with Crippen molar-refractivity contribution in [2.75, 3.05) is 37.6 Å². The molecule has 3 rings (SSSR count). The molecule has 23 heavy (non-hydrogen) atoms. The van der Waals surface area contributed by atoms with E-state index < -0.39 is 5.91 Å². The highest BCUT2D eigenvalue weighted by Gasteiger charge is 2.25. The number of likely N-dealkylation sites (tertiary alicyclic amines) is 1. The van der Waals surface area contributed by atoms with Crippen molar-refractivity contribution < 1.29 is 4.79 Å². The summed E-state index contributed by atoms with van der Waals surface area (Å²) < 4.78 is 0. The van der Waals surface area contributed by atoms with Crippen LogP contribution in [0.2, 0.25) is 0 Å². The van der Waals surface area contributed by atoms with Gasteiger partial charge in [-0.15, -0.1) is 0 Å². The number of amides is 1. The standard InChI is InChI=1S/C17H27N5O/c1-13-4-7-21(8-5-13)10-14-3-2-6-22(11-14)16-9-15(17(18)23)19-12-20-16/h9,12-14H,2-8,10-11H2,1H3,(H2,18,23). The topological polar surface area (TPSA) is 75.3 Å². The zero-order valence-corrected chi connectivity index (χ0v) is 13.9. The second kappa shape index (κ2) is 7.25. The summed E-state index contributed by atoms with van der Waals surface area (Å²) >= 11 is 0. The smallest absolute Gasteiger partial charge is 0.267 e. The van der Waals surface area contributed by atoms with E-state index in [0.717, 1.165) is 24.8 Å². The van der Waals surface area contributed by atoms with Crippen molar-refractivity contribution in [2.45, 2.75) is 32.6 Å². The summed E-state index contributed by atoms with van der Waals surface area (Å²) in [5, 5.41) is 0. The van der Waals surface area contributed by atoms with E-state index in [4.69, 9.17) is 5.73 Å². The first-order valence-electron chi connectivity index (χ1n) is 8.71. The van der Waals surface area contributed by atoms with Crippen LogP contribution >= 0.6 is 0 Å². The van der Waals surface area contributed by atoms with E-state index in [2.05, 4.69) is 26.7 Å². The molecule has 1 unspecified atom stereocenters. The molecule has 2 aliphatic heterocycles. The van der Waals surface area contributed by atoms with Gasteiger partial charge in [0.15, 0.2) is 0 Å². The average molecular weight is 317 g/mol. The number of piperidine rings is 2. The summed E-state index contributed by atoms with van der Waals surface area (Å²) in [5.41, 5.74) is 5.61. The van der Waals surface area contributed by atoms with Gasteiger partial charge in [0.05, 0.1) is 0 Å². The van der Waals surface area contributed by atoms with Gasteiger partial charge in [0.25, 0.3) is 5.91 Å². The molecular formula is C17H27N5O. The van der Waals surface area contributed by atoms with Gasteiger partial charge in [-0.3, -0.25) is 4.79 Å². The third kappa shape index (κ3) is 4.19. The molecule has 0 bridgehead atoms. The van der Waals surface area contributed by atoms with Gasteiger partial charge in [-0.05, 0) is 50.6 Å². The van der Waals surface area contributed by atoms with Crippen LogP contribution in [0.5, 0.6) is 0 Å². The van der Waals surface area contributed by atoms with Gasteiger partial charge >= 0.3 is 0 Å². The Hall–Kier alpha value is -1.69. The largest absolute Gasteiger partial charge is 0.364 e. The molecule has 6 heteroatoms. The fraction of sp³-hybridized carbons (Fsp3) is 0.706. The van der Waals surface area contributed by atoms with Crippen LogP contribution in [0.25, 0.3) is 0 Å². The molecular weight excluding hydrogens is 290 g/mol. The zero-order valence-electron chi connectivity index (χ0n) is 13.9. The summed E-state index contributed by atoms with van der Waals surface area (Å²) in [5.74, 6) is 1.88. The van der Waals surface area contributed by atoms with E-state index in [1.54, 1.807) is 6.07 Å². The Morgan fingerprint density at radius 2 is 2.04 bits per heavy atom. The lowest BCUT2D eigenvalue weighted by atomic mass is 9.94. The number of carbonyl (C=O) groups is 1. The van der Waals surface area contributed by atoms with Crippen molar-refractivity contribution in [1.29, 1.82) is 0 Å². The second-order valence-corrected chi connectivity index (χ2v) is 7.06. The van der Waals surface area contributed by atoms with E-state index in [1.165, 1.54) is 51.6 Å². The molecule has 3 heterocycles. The third-order valence-corrected chi connectivity index (χ3v) is 5.14. The molecule has 0 aliphatic carbocycles. The van der Waals surface area contributed by atoms with Crippen LogP contribution in [0.15, 0.2) is 12.4 Å². The summed E-state index contributed by atoms with van der Waals surface area (Å²) in [4.78, 5) is 24.4. The molecule has 2 aliphatic rings. The van der Waals surface area contributed by atoms with Gasteiger partial charge < -0.3 is 15.5 Å². The minimum Gasteiger partial charge on any atom is -0.364 e. The third-order valence-electron chi connectivity index (χ3n) is 5.14. The monoisotopic (exact) mass is 317 g/mol. The zero-order chi connectivity index (χ0) is 16.2. The van der Waals surface area contributed by atoms with Gasteiger partial charge in [-0.25, -0.2) is 9.97 Å². The highest BCUT2D eigenvalue weighted by molar-refractivity contribution is 5.91. The first-order chi connectivity index (χ1) is 11.1. The van der Waals surface area contributed by atoms with Crippen LogP contribution in [0, 0.1) is 11.8 Å². The Morgan fingerprint density at radius 3 is 2.78 bits per heavy atom. The molecule has 0 aromatic carbocycles. The lowest BCUT2D eigenvalue weighted by Gasteiger charge is -2.38. The number of primary amides is 1. The molecule has 0 radical (unpaired) electrons. The number of hydrogen-bond acceptors (Lipinski definition) is 5. The summed E-state index contributed by atoms with van der Waals surface area (Å²) in [6, 6.07) is 1.72. The normalized spacial score (nSPS) is 23.9. The molecule has 6 nitrogen and oxygen atoms in total. The van der Waals surface area contributed by atoms with Crippen LogP contribution in [0.1, 0.15) is 43.1 Å². The fourth-order valence-electron chi connectivity index (χ4n) is 3.69. The molecule has 2 N–H and O–H groups in total. The predicted octanol–water partition coefficient (Wildman–Crippen LogP) is 1.52. The first kappa shape index (κ1) is 16.2. The Morgan fingerprint density at radius 1 is 1.26 bits per heavy atom.